The number of benzene rings is 2. The van der Waals surface area contributed by atoms with E-state index in [-0.39, 0.29) is 24.3 Å². The second-order valence-electron chi connectivity index (χ2n) is 9.56. The van der Waals surface area contributed by atoms with Gasteiger partial charge in [-0.2, -0.15) is 0 Å². The number of hydrogen-bond donors (Lipinski definition) is 3. The molecule has 1 heterocycles. The lowest BCUT2D eigenvalue weighted by Gasteiger charge is -2.35. The van der Waals surface area contributed by atoms with Gasteiger partial charge in [-0.25, -0.2) is 0 Å². The summed E-state index contributed by atoms with van der Waals surface area (Å²) in [7, 11) is 1.53. The van der Waals surface area contributed by atoms with Crippen LogP contribution in [0.15, 0.2) is 66.0 Å². The van der Waals surface area contributed by atoms with Crippen molar-refractivity contribution in [3.63, 3.8) is 0 Å². The van der Waals surface area contributed by atoms with E-state index in [0.29, 0.717) is 34.0 Å². The third-order valence-electron chi connectivity index (χ3n) is 6.14. The molecule has 3 rings (SSSR count). The Hall–Kier alpha value is -4.18. The van der Waals surface area contributed by atoms with Crippen LogP contribution in [-0.2, 0) is 14.4 Å². The molecule has 3 aromatic rings. The Morgan fingerprint density at radius 3 is 2.33 bits per heavy atom. The summed E-state index contributed by atoms with van der Waals surface area (Å²) < 4.78 is 5.39. The van der Waals surface area contributed by atoms with Crippen molar-refractivity contribution in [2.24, 2.45) is 0 Å². The molecule has 0 saturated carbocycles. The van der Waals surface area contributed by atoms with Crippen molar-refractivity contribution < 1.29 is 23.9 Å². The largest absolute Gasteiger partial charge is 0.497 e. The summed E-state index contributed by atoms with van der Waals surface area (Å²) in [6, 6.07) is 15.9. The van der Waals surface area contributed by atoms with Gasteiger partial charge < -0.3 is 20.7 Å². The first kappa shape index (κ1) is 29.4. The van der Waals surface area contributed by atoms with Gasteiger partial charge in [0.05, 0.1) is 18.5 Å². The second-order valence-corrected chi connectivity index (χ2v) is 10.5. The topological polar surface area (TPSA) is 117 Å². The lowest BCUT2D eigenvalue weighted by Crippen LogP contribution is -2.52. The fraction of sp³-hybridized carbons (Fsp3) is 0.310. The van der Waals surface area contributed by atoms with Gasteiger partial charge in [-0.1, -0.05) is 25.1 Å². The van der Waals surface area contributed by atoms with Crippen molar-refractivity contribution in [1.82, 2.24) is 10.6 Å². The molecule has 0 unspecified atom stereocenters. The molecule has 0 saturated heterocycles. The molecule has 1 atom stereocenters. The molecular formula is C29H34N4O5S. The van der Waals surface area contributed by atoms with Gasteiger partial charge in [0.1, 0.15) is 11.8 Å². The molecule has 3 N–H and O–H groups in total. The first-order chi connectivity index (χ1) is 18.5. The maximum absolute atomic E-state index is 13.9. The van der Waals surface area contributed by atoms with Crippen LogP contribution in [0.4, 0.5) is 11.4 Å². The molecule has 0 aliphatic heterocycles. The Morgan fingerprint density at radius 2 is 1.74 bits per heavy atom. The van der Waals surface area contributed by atoms with Gasteiger partial charge in [-0.05, 0) is 73.7 Å². The van der Waals surface area contributed by atoms with Crippen molar-refractivity contribution in [1.29, 1.82) is 0 Å². The van der Waals surface area contributed by atoms with E-state index in [2.05, 4.69) is 16.0 Å². The van der Waals surface area contributed by atoms with Gasteiger partial charge in [0.25, 0.3) is 5.91 Å². The number of methoxy groups -OCH3 is 1. The van der Waals surface area contributed by atoms with E-state index in [0.717, 1.165) is 0 Å². The molecule has 0 bridgehead atoms. The molecule has 9 nitrogen and oxygen atoms in total. The third kappa shape index (κ3) is 7.90. The SMILES string of the molecule is CCC(C)(C)NC(=O)[C@@H](c1cccc(OC)c1)N(C(=O)CNC(=O)c1cccs1)c1ccc(NC(C)=O)cc1. The van der Waals surface area contributed by atoms with Crippen molar-refractivity contribution in [3.05, 3.63) is 76.5 Å². The molecule has 0 aliphatic carbocycles. The Labute approximate surface area is 232 Å². The average Bonchev–Trinajstić information content (AvgIpc) is 3.45. The Balaban J connectivity index is 2.07. The molecule has 0 fully saturated rings. The standard InChI is InChI=1S/C29H34N4O5S/c1-6-29(3,4)32-28(37)26(20-9-7-10-23(17-20)38-5)33(22-14-12-21(13-15-22)31-19(2)34)25(35)18-30-27(36)24-11-8-16-39-24/h7-17,26H,6,18H2,1-5H3,(H,30,36)(H,31,34)(H,32,37)/t26-/m1/s1. The minimum absolute atomic E-state index is 0.234. The number of anilines is 2. The van der Waals surface area contributed by atoms with Gasteiger partial charge in [0.2, 0.25) is 17.7 Å². The van der Waals surface area contributed by atoms with Crippen LogP contribution in [0.25, 0.3) is 0 Å². The van der Waals surface area contributed by atoms with Crippen LogP contribution in [-0.4, -0.2) is 42.8 Å². The van der Waals surface area contributed by atoms with Crippen LogP contribution < -0.4 is 25.6 Å². The van der Waals surface area contributed by atoms with Crippen LogP contribution in [0.1, 0.15) is 55.4 Å². The number of ether oxygens (including phenoxy) is 1. The van der Waals surface area contributed by atoms with Crippen LogP contribution in [0.5, 0.6) is 5.75 Å². The lowest BCUT2D eigenvalue weighted by molar-refractivity contribution is -0.127. The maximum atomic E-state index is 13.9. The molecule has 206 valence electrons. The molecule has 0 aliphatic rings. The molecule has 1 aromatic heterocycles. The monoisotopic (exact) mass is 550 g/mol. The normalized spacial score (nSPS) is 11.7. The Morgan fingerprint density at radius 1 is 1.03 bits per heavy atom. The van der Waals surface area contributed by atoms with Gasteiger partial charge in [-0.3, -0.25) is 24.1 Å². The van der Waals surface area contributed by atoms with Crippen LogP contribution in [0, 0.1) is 0 Å². The first-order valence-corrected chi connectivity index (χ1v) is 13.4. The zero-order valence-corrected chi connectivity index (χ0v) is 23.6. The number of carbonyl (C=O) groups excluding carboxylic acids is 4. The zero-order chi connectivity index (χ0) is 28.6. The van der Waals surface area contributed by atoms with Crippen LogP contribution in [0.3, 0.4) is 0 Å². The average molecular weight is 551 g/mol. The number of nitrogens with zero attached hydrogens (tertiary/aromatic N) is 1. The Bertz CT molecular complexity index is 1310. The first-order valence-electron chi connectivity index (χ1n) is 12.5. The van der Waals surface area contributed by atoms with Crippen LogP contribution in [0.2, 0.25) is 0 Å². The fourth-order valence-electron chi connectivity index (χ4n) is 3.80. The quantitative estimate of drug-likeness (QED) is 0.325. The molecule has 4 amide bonds. The molecule has 2 aromatic carbocycles. The third-order valence-corrected chi connectivity index (χ3v) is 7.01. The highest BCUT2D eigenvalue weighted by atomic mass is 32.1. The fourth-order valence-corrected chi connectivity index (χ4v) is 4.44. The minimum Gasteiger partial charge on any atom is -0.497 e. The van der Waals surface area contributed by atoms with E-state index >= 15 is 0 Å². The molecule has 0 spiro atoms. The number of nitrogens with one attached hydrogen (secondary N) is 3. The highest BCUT2D eigenvalue weighted by molar-refractivity contribution is 7.12. The number of rotatable bonds is 11. The summed E-state index contributed by atoms with van der Waals surface area (Å²) in [4.78, 5) is 53.6. The van der Waals surface area contributed by atoms with E-state index < -0.39 is 17.5 Å². The van der Waals surface area contributed by atoms with Gasteiger partial charge in [0, 0.05) is 23.8 Å². The summed E-state index contributed by atoms with van der Waals surface area (Å²) in [5.74, 6) is -0.973. The van der Waals surface area contributed by atoms with E-state index in [4.69, 9.17) is 4.74 Å². The molecular weight excluding hydrogens is 516 g/mol. The predicted molar refractivity (Wildman–Crippen MR) is 153 cm³/mol. The molecule has 39 heavy (non-hydrogen) atoms. The summed E-state index contributed by atoms with van der Waals surface area (Å²) in [6.45, 7) is 6.84. The van der Waals surface area contributed by atoms with Crippen molar-refractivity contribution in [3.8, 4) is 5.75 Å². The summed E-state index contributed by atoms with van der Waals surface area (Å²) in [6.07, 6.45) is 0.666. The minimum atomic E-state index is -1.08. The molecule has 10 heteroatoms. The van der Waals surface area contributed by atoms with Gasteiger partial charge in [0.15, 0.2) is 0 Å². The van der Waals surface area contributed by atoms with E-state index in [1.165, 1.54) is 30.3 Å². The van der Waals surface area contributed by atoms with Crippen molar-refractivity contribution in [2.75, 3.05) is 23.9 Å². The van der Waals surface area contributed by atoms with Crippen molar-refractivity contribution >= 4 is 46.3 Å². The number of thiophene rings is 1. The number of hydrogen-bond acceptors (Lipinski definition) is 6. The van der Waals surface area contributed by atoms with E-state index in [9.17, 15) is 19.2 Å². The van der Waals surface area contributed by atoms with Gasteiger partial charge in [-0.15, -0.1) is 11.3 Å². The summed E-state index contributed by atoms with van der Waals surface area (Å²) in [5.41, 5.74) is 0.949. The summed E-state index contributed by atoms with van der Waals surface area (Å²) >= 11 is 1.27. The second kappa shape index (κ2) is 13.1. The molecule has 0 radical (unpaired) electrons. The van der Waals surface area contributed by atoms with Crippen LogP contribution >= 0.6 is 11.3 Å². The number of carbonyl (C=O) groups is 4. The zero-order valence-electron chi connectivity index (χ0n) is 22.7. The van der Waals surface area contributed by atoms with Gasteiger partial charge >= 0.3 is 0 Å². The smallest absolute Gasteiger partial charge is 0.261 e. The summed E-state index contributed by atoms with van der Waals surface area (Å²) in [5, 5.41) is 10.2. The maximum Gasteiger partial charge on any atom is 0.261 e. The Kier molecular flexibility index (Phi) is 9.84. The van der Waals surface area contributed by atoms with E-state index in [1.807, 2.05) is 20.8 Å². The highest BCUT2D eigenvalue weighted by Gasteiger charge is 2.35. The van der Waals surface area contributed by atoms with Crippen molar-refractivity contribution in [2.45, 2.75) is 45.7 Å². The number of amides is 4. The van der Waals surface area contributed by atoms with E-state index in [1.54, 1.807) is 66.0 Å². The lowest BCUT2D eigenvalue weighted by atomic mass is 9.98. The predicted octanol–water partition coefficient (Wildman–Crippen LogP) is 4.52. The highest BCUT2D eigenvalue weighted by Crippen LogP contribution is 2.31.